The maximum Gasteiger partial charge on any atom is 0.362 e. The molecular formula is C23H20N4O6. The number of hydrogen-bond acceptors (Lipinski definition) is 7. The average Bonchev–Trinajstić information content (AvgIpc) is 3.34. The van der Waals surface area contributed by atoms with Crippen LogP contribution in [0.5, 0.6) is 5.75 Å². The van der Waals surface area contributed by atoms with Crippen molar-refractivity contribution in [3.63, 3.8) is 0 Å². The number of esters is 1. The summed E-state index contributed by atoms with van der Waals surface area (Å²) in [5, 5.41) is 6.85. The normalized spacial score (nSPS) is 12.5. The van der Waals surface area contributed by atoms with Crippen LogP contribution in [0.15, 0.2) is 54.7 Å². The van der Waals surface area contributed by atoms with Gasteiger partial charge in [0.1, 0.15) is 0 Å². The first kappa shape index (κ1) is 21.8. The van der Waals surface area contributed by atoms with Gasteiger partial charge in [-0.25, -0.2) is 9.48 Å². The van der Waals surface area contributed by atoms with E-state index in [1.807, 2.05) is 18.2 Å². The standard InChI is InChI=1S/C23H20N4O6/c1-3-32-23(31)20-18(12-27(25-20)15-7-5-4-6-8-15)33-13-19(28)24-14-9-10-16-17(11-14)22(30)26(2)21(16)29/h4-12H,3,13H2,1-2H3,(H,24,28). The smallest absolute Gasteiger partial charge is 0.362 e. The molecule has 0 fully saturated rings. The summed E-state index contributed by atoms with van der Waals surface area (Å²) in [6, 6.07) is 13.5. The van der Waals surface area contributed by atoms with Crippen molar-refractivity contribution in [2.45, 2.75) is 6.92 Å². The van der Waals surface area contributed by atoms with Crippen LogP contribution >= 0.6 is 0 Å². The number of para-hydroxylation sites is 1. The average molecular weight is 448 g/mol. The first-order valence-electron chi connectivity index (χ1n) is 10.1. The predicted molar refractivity (Wildman–Crippen MR) is 117 cm³/mol. The summed E-state index contributed by atoms with van der Waals surface area (Å²) >= 11 is 0. The molecule has 0 atom stereocenters. The summed E-state index contributed by atoms with van der Waals surface area (Å²) in [6.07, 6.45) is 1.49. The summed E-state index contributed by atoms with van der Waals surface area (Å²) < 4.78 is 12.1. The van der Waals surface area contributed by atoms with E-state index >= 15 is 0 Å². The quantitative estimate of drug-likeness (QED) is 0.435. The highest BCUT2D eigenvalue weighted by Gasteiger charge is 2.32. The second kappa shape index (κ2) is 8.95. The molecule has 1 aromatic heterocycles. The SMILES string of the molecule is CCOC(=O)c1nn(-c2ccccc2)cc1OCC(=O)Nc1ccc2c(c1)C(=O)N(C)C2=O. The van der Waals surface area contributed by atoms with Crippen molar-refractivity contribution < 1.29 is 28.7 Å². The number of hydrogen-bond donors (Lipinski definition) is 1. The lowest BCUT2D eigenvalue weighted by atomic mass is 10.1. The first-order chi connectivity index (χ1) is 15.9. The molecule has 1 aliphatic rings. The van der Waals surface area contributed by atoms with Crippen molar-refractivity contribution >= 4 is 29.4 Å². The zero-order valence-corrected chi connectivity index (χ0v) is 17.9. The second-order valence-corrected chi connectivity index (χ2v) is 7.11. The Labute approximate surface area is 188 Å². The van der Waals surface area contributed by atoms with E-state index in [0.717, 1.165) is 4.90 Å². The molecule has 10 heteroatoms. The fourth-order valence-corrected chi connectivity index (χ4v) is 3.30. The Balaban J connectivity index is 1.48. The summed E-state index contributed by atoms with van der Waals surface area (Å²) in [5.74, 6) is -1.94. The van der Waals surface area contributed by atoms with Gasteiger partial charge < -0.3 is 14.8 Å². The Morgan fingerprint density at radius 3 is 2.48 bits per heavy atom. The van der Waals surface area contributed by atoms with E-state index in [1.165, 1.54) is 36.1 Å². The molecule has 0 saturated carbocycles. The molecule has 3 amide bonds. The van der Waals surface area contributed by atoms with Crippen LogP contribution in [-0.4, -0.2) is 58.6 Å². The first-order valence-corrected chi connectivity index (χ1v) is 10.1. The van der Waals surface area contributed by atoms with Crippen molar-refractivity contribution in [3.05, 3.63) is 71.5 Å². The van der Waals surface area contributed by atoms with E-state index in [4.69, 9.17) is 9.47 Å². The van der Waals surface area contributed by atoms with Crippen molar-refractivity contribution in [1.29, 1.82) is 0 Å². The number of carbonyl (C=O) groups excluding carboxylic acids is 4. The van der Waals surface area contributed by atoms with Gasteiger partial charge in [0.25, 0.3) is 17.7 Å². The Hall–Kier alpha value is -4.47. The number of nitrogens with zero attached hydrogens (tertiary/aromatic N) is 3. The van der Waals surface area contributed by atoms with Gasteiger partial charge in [-0.15, -0.1) is 0 Å². The maximum absolute atomic E-state index is 12.4. The molecule has 0 aliphatic carbocycles. The minimum absolute atomic E-state index is 0.0572. The van der Waals surface area contributed by atoms with Crippen LogP contribution in [0.25, 0.3) is 5.69 Å². The van der Waals surface area contributed by atoms with E-state index in [0.29, 0.717) is 11.4 Å². The summed E-state index contributed by atoms with van der Waals surface area (Å²) in [7, 11) is 1.40. The number of anilines is 1. The van der Waals surface area contributed by atoms with E-state index in [9.17, 15) is 19.2 Å². The van der Waals surface area contributed by atoms with Crippen LogP contribution in [0, 0.1) is 0 Å². The predicted octanol–water partition coefficient (Wildman–Crippen LogP) is 2.29. The number of benzene rings is 2. The van der Waals surface area contributed by atoms with E-state index in [1.54, 1.807) is 19.1 Å². The fraction of sp³-hybridized carbons (Fsp3) is 0.174. The molecule has 0 radical (unpaired) electrons. The van der Waals surface area contributed by atoms with Gasteiger partial charge in [0.05, 0.1) is 29.6 Å². The van der Waals surface area contributed by atoms with Gasteiger partial charge in [0.15, 0.2) is 12.4 Å². The van der Waals surface area contributed by atoms with Crippen LogP contribution in [0.3, 0.4) is 0 Å². The molecule has 1 N–H and O–H groups in total. The third-order valence-corrected chi connectivity index (χ3v) is 4.90. The van der Waals surface area contributed by atoms with Gasteiger partial charge in [0, 0.05) is 12.7 Å². The highest BCUT2D eigenvalue weighted by Crippen LogP contribution is 2.25. The van der Waals surface area contributed by atoms with Gasteiger partial charge in [-0.05, 0) is 37.3 Å². The third-order valence-electron chi connectivity index (χ3n) is 4.90. The monoisotopic (exact) mass is 448 g/mol. The Bertz CT molecular complexity index is 1250. The Morgan fingerprint density at radius 1 is 1.03 bits per heavy atom. The summed E-state index contributed by atoms with van der Waals surface area (Å²) in [4.78, 5) is 49.9. The van der Waals surface area contributed by atoms with Gasteiger partial charge >= 0.3 is 5.97 Å². The molecule has 0 spiro atoms. The minimum Gasteiger partial charge on any atom is -0.480 e. The topological polar surface area (TPSA) is 120 Å². The molecule has 168 valence electrons. The second-order valence-electron chi connectivity index (χ2n) is 7.11. The maximum atomic E-state index is 12.4. The molecule has 10 nitrogen and oxygen atoms in total. The van der Waals surface area contributed by atoms with E-state index in [2.05, 4.69) is 10.4 Å². The number of fused-ring (bicyclic) bond motifs is 1. The number of amides is 3. The molecule has 0 unspecified atom stereocenters. The zero-order valence-electron chi connectivity index (χ0n) is 17.9. The van der Waals surface area contributed by atoms with Crippen LogP contribution in [0.2, 0.25) is 0 Å². The number of nitrogens with one attached hydrogen (secondary N) is 1. The lowest BCUT2D eigenvalue weighted by molar-refractivity contribution is -0.118. The highest BCUT2D eigenvalue weighted by atomic mass is 16.5. The van der Waals surface area contributed by atoms with Crippen molar-refractivity contribution in [3.8, 4) is 11.4 Å². The molecule has 0 bridgehead atoms. The largest absolute Gasteiger partial charge is 0.480 e. The van der Waals surface area contributed by atoms with Crippen molar-refractivity contribution in [2.24, 2.45) is 0 Å². The number of rotatable bonds is 7. The molecule has 3 aromatic rings. The molecule has 33 heavy (non-hydrogen) atoms. The van der Waals surface area contributed by atoms with Gasteiger partial charge in [0.2, 0.25) is 5.69 Å². The number of imide groups is 1. The lowest BCUT2D eigenvalue weighted by Gasteiger charge is -2.08. The van der Waals surface area contributed by atoms with Crippen LogP contribution in [-0.2, 0) is 9.53 Å². The number of carbonyl (C=O) groups is 4. The lowest BCUT2D eigenvalue weighted by Crippen LogP contribution is -2.24. The van der Waals surface area contributed by atoms with Crippen molar-refractivity contribution in [1.82, 2.24) is 14.7 Å². The van der Waals surface area contributed by atoms with Crippen LogP contribution in [0.4, 0.5) is 5.69 Å². The Morgan fingerprint density at radius 2 is 1.76 bits per heavy atom. The molecule has 4 rings (SSSR count). The Kier molecular flexibility index (Phi) is 5.90. The van der Waals surface area contributed by atoms with E-state index < -0.39 is 30.3 Å². The van der Waals surface area contributed by atoms with Gasteiger partial charge in [-0.3, -0.25) is 19.3 Å². The molecule has 2 aromatic carbocycles. The molecule has 0 saturated heterocycles. The van der Waals surface area contributed by atoms with Crippen molar-refractivity contribution in [2.75, 3.05) is 25.6 Å². The molecule has 1 aliphatic heterocycles. The van der Waals surface area contributed by atoms with Crippen LogP contribution < -0.4 is 10.1 Å². The minimum atomic E-state index is -0.673. The number of ether oxygens (including phenoxy) is 2. The van der Waals surface area contributed by atoms with E-state index in [-0.39, 0.29) is 29.2 Å². The summed E-state index contributed by atoms with van der Waals surface area (Å²) in [6.45, 7) is 1.41. The fourth-order valence-electron chi connectivity index (χ4n) is 3.30. The zero-order chi connectivity index (χ0) is 23.5. The third kappa shape index (κ3) is 4.31. The van der Waals surface area contributed by atoms with Crippen LogP contribution in [0.1, 0.15) is 38.1 Å². The number of aromatic nitrogens is 2. The summed E-state index contributed by atoms with van der Waals surface area (Å²) in [5.41, 5.74) is 1.48. The van der Waals surface area contributed by atoms with Gasteiger partial charge in [-0.1, -0.05) is 18.2 Å². The highest BCUT2D eigenvalue weighted by molar-refractivity contribution is 6.21. The molecule has 2 heterocycles. The molecular weight excluding hydrogens is 428 g/mol. The van der Waals surface area contributed by atoms with Gasteiger partial charge in [-0.2, -0.15) is 5.10 Å².